The van der Waals surface area contributed by atoms with Gasteiger partial charge in [-0.05, 0) is 37.6 Å². The summed E-state index contributed by atoms with van der Waals surface area (Å²) in [6, 6.07) is 0. The van der Waals surface area contributed by atoms with Crippen molar-refractivity contribution in [3.8, 4) is 0 Å². The van der Waals surface area contributed by atoms with Gasteiger partial charge in [-0.25, -0.2) is 0 Å². The first-order chi connectivity index (χ1) is 7.26. The molecule has 0 aromatic heterocycles. The van der Waals surface area contributed by atoms with Crippen LogP contribution in [-0.2, 0) is 0 Å². The lowest BCUT2D eigenvalue weighted by Crippen LogP contribution is -2.42. The van der Waals surface area contributed by atoms with Crippen LogP contribution < -0.4 is 0 Å². The van der Waals surface area contributed by atoms with E-state index in [-0.39, 0.29) is 0 Å². The van der Waals surface area contributed by atoms with E-state index in [1.165, 1.54) is 19.4 Å². The summed E-state index contributed by atoms with van der Waals surface area (Å²) < 4.78 is 0. The maximum absolute atomic E-state index is 3.88. The number of allylic oxidation sites excluding steroid dienone is 2. The predicted octanol–water partition coefficient (Wildman–Crippen LogP) is 3.41. The van der Waals surface area contributed by atoms with Gasteiger partial charge in [-0.2, -0.15) is 0 Å². The maximum atomic E-state index is 3.88. The Morgan fingerprint density at radius 2 is 1.73 bits per heavy atom. The standard InChI is InChI=1S/C14H23N/c1-4-8-14(9-5-2)10-7-12-15(13-14)11-6-3/h4-6H,1-3,7-13H2. The lowest BCUT2D eigenvalue weighted by Gasteiger charge is -2.42. The molecular formula is C14H23N. The summed E-state index contributed by atoms with van der Waals surface area (Å²) in [6.07, 6.45) is 10.9. The van der Waals surface area contributed by atoms with Crippen molar-refractivity contribution >= 4 is 0 Å². The fourth-order valence-corrected chi connectivity index (χ4v) is 2.68. The van der Waals surface area contributed by atoms with E-state index in [4.69, 9.17) is 0 Å². The van der Waals surface area contributed by atoms with Crippen LogP contribution in [0.15, 0.2) is 38.0 Å². The van der Waals surface area contributed by atoms with Gasteiger partial charge in [-0.3, -0.25) is 4.90 Å². The van der Waals surface area contributed by atoms with Gasteiger partial charge >= 0.3 is 0 Å². The molecule has 0 atom stereocenters. The summed E-state index contributed by atoms with van der Waals surface area (Å²) in [6.45, 7) is 15.0. The molecule has 84 valence electrons. The van der Waals surface area contributed by atoms with Crippen LogP contribution in [0.25, 0.3) is 0 Å². The third-order valence-electron chi connectivity index (χ3n) is 3.28. The van der Waals surface area contributed by atoms with Crippen LogP contribution in [0.3, 0.4) is 0 Å². The Labute approximate surface area is 94.2 Å². The Kier molecular flexibility index (Phi) is 4.83. The zero-order valence-corrected chi connectivity index (χ0v) is 9.75. The minimum Gasteiger partial charge on any atom is -0.299 e. The molecule has 1 aliphatic rings. The summed E-state index contributed by atoms with van der Waals surface area (Å²) in [5, 5.41) is 0. The first-order valence-corrected chi connectivity index (χ1v) is 5.81. The molecule has 1 nitrogen and oxygen atoms in total. The first-order valence-electron chi connectivity index (χ1n) is 5.81. The Morgan fingerprint density at radius 3 is 2.27 bits per heavy atom. The molecule has 1 aliphatic heterocycles. The molecule has 0 spiro atoms. The minimum atomic E-state index is 0.394. The van der Waals surface area contributed by atoms with Crippen LogP contribution in [0.5, 0.6) is 0 Å². The Balaban J connectivity index is 2.64. The van der Waals surface area contributed by atoms with Gasteiger partial charge in [-0.1, -0.05) is 18.2 Å². The monoisotopic (exact) mass is 205 g/mol. The van der Waals surface area contributed by atoms with Crippen LogP contribution >= 0.6 is 0 Å². The van der Waals surface area contributed by atoms with Crippen LogP contribution in [0, 0.1) is 5.41 Å². The number of piperidine rings is 1. The molecule has 0 aromatic rings. The van der Waals surface area contributed by atoms with Gasteiger partial charge in [0.2, 0.25) is 0 Å². The molecule has 0 saturated carbocycles. The van der Waals surface area contributed by atoms with Crippen molar-refractivity contribution in [3.05, 3.63) is 38.0 Å². The summed E-state index contributed by atoms with van der Waals surface area (Å²) >= 11 is 0. The predicted molar refractivity (Wildman–Crippen MR) is 67.9 cm³/mol. The second kappa shape index (κ2) is 5.92. The third kappa shape index (κ3) is 3.35. The van der Waals surface area contributed by atoms with Gasteiger partial charge in [0.1, 0.15) is 0 Å². The zero-order chi connectivity index (χ0) is 11.1. The number of likely N-dealkylation sites (tertiary alicyclic amines) is 1. The van der Waals surface area contributed by atoms with E-state index in [1.807, 2.05) is 6.08 Å². The Hall–Kier alpha value is -0.820. The smallest absolute Gasteiger partial charge is 0.0160 e. The summed E-state index contributed by atoms with van der Waals surface area (Å²) in [4.78, 5) is 2.49. The van der Waals surface area contributed by atoms with Crippen molar-refractivity contribution in [1.29, 1.82) is 0 Å². The van der Waals surface area contributed by atoms with Crippen LogP contribution in [0.4, 0.5) is 0 Å². The molecule has 1 fully saturated rings. The average molecular weight is 205 g/mol. The lowest BCUT2D eigenvalue weighted by atomic mass is 9.74. The van der Waals surface area contributed by atoms with E-state index in [2.05, 4.69) is 36.8 Å². The first kappa shape index (κ1) is 12.3. The van der Waals surface area contributed by atoms with E-state index in [0.717, 1.165) is 25.9 Å². The molecule has 0 amide bonds. The summed E-state index contributed by atoms with van der Waals surface area (Å²) in [7, 11) is 0. The van der Waals surface area contributed by atoms with E-state index >= 15 is 0 Å². The van der Waals surface area contributed by atoms with Crippen molar-refractivity contribution in [2.45, 2.75) is 25.7 Å². The molecular weight excluding hydrogens is 182 g/mol. The van der Waals surface area contributed by atoms with Crippen LogP contribution in [-0.4, -0.2) is 24.5 Å². The van der Waals surface area contributed by atoms with Gasteiger partial charge in [0.05, 0.1) is 0 Å². The van der Waals surface area contributed by atoms with Crippen molar-refractivity contribution < 1.29 is 0 Å². The SMILES string of the molecule is C=CCN1CCCC(CC=C)(CC=C)C1. The van der Waals surface area contributed by atoms with Crippen LogP contribution in [0.2, 0.25) is 0 Å². The number of nitrogens with zero attached hydrogens (tertiary/aromatic N) is 1. The lowest BCUT2D eigenvalue weighted by molar-refractivity contribution is 0.101. The molecule has 0 unspecified atom stereocenters. The minimum absolute atomic E-state index is 0.394. The molecule has 1 rings (SSSR count). The van der Waals surface area contributed by atoms with Gasteiger partial charge in [0.15, 0.2) is 0 Å². The molecule has 1 heteroatoms. The molecule has 1 saturated heterocycles. The highest BCUT2D eigenvalue weighted by molar-refractivity contribution is 4.96. The van der Waals surface area contributed by atoms with E-state index in [9.17, 15) is 0 Å². The largest absolute Gasteiger partial charge is 0.299 e. The van der Waals surface area contributed by atoms with Gasteiger partial charge in [-0.15, -0.1) is 19.7 Å². The van der Waals surface area contributed by atoms with Crippen molar-refractivity contribution in [1.82, 2.24) is 4.90 Å². The van der Waals surface area contributed by atoms with Gasteiger partial charge in [0, 0.05) is 13.1 Å². The number of hydrogen-bond donors (Lipinski definition) is 0. The molecule has 1 heterocycles. The maximum Gasteiger partial charge on any atom is 0.0160 e. The van der Waals surface area contributed by atoms with E-state index in [1.54, 1.807) is 0 Å². The highest BCUT2D eigenvalue weighted by atomic mass is 15.1. The molecule has 0 bridgehead atoms. The number of hydrogen-bond acceptors (Lipinski definition) is 1. The topological polar surface area (TPSA) is 3.24 Å². The van der Waals surface area contributed by atoms with Crippen molar-refractivity contribution in [3.63, 3.8) is 0 Å². The van der Waals surface area contributed by atoms with Gasteiger partial charge < -0.3 is 0 Å². The van der Waals surface area contributed by atoms with Crippen LogP contribution in [0.1, 0.15) is 25.7 Å². The Morgan fingerprint density at radius 1 is 1.07 bits per heavy atom. The molecule has 0 N–H and O–H groups in total. The third-order valence-corrected chi connectivity index (χ3v) is 3.28. The van der Waals surface area contributed by atoms with E-state index < -0.39 is 0 Å². The summed E-state index contributed by atoms with van der Waals surface area (Å²) in [5.74, 6) is 0. The fraction of sp³-hybridized carbons (Fsp3) is 0.571. The molecule has 0 aromatic carbocycles. The summed E-state index contributed by atoms with van der Waals surface area (Å²) in [5.41, 5.74) is 0.394. The molecule has 0 radical (unpaired) electrons. The fourth-order valence-electron chi connectivity index (χ4n) is 2.68. The average Bonchev–Trinajstić information content (AvgIpc) is 2.19. The normalized spacial score (nSPS) is 20.8. The van der Waals surface area contributed by atoms with Crippen molar-refractivity contribution in [2.75, 3.05) is 19.6 Å². The highest BCUT2D eigenvalue weighted by Crippen LogP contribution is 2.37. The van der Waals surface area contributed by atoms with E-state index in [0.29, 0.717) is 5.41 Å². The zero-order valence-electron chi connectivity index (χ0n) is 9.75. The molecule has 0 aliphatic carbocycles. The van der Waals surface area contributed by atoms with Crippen molar-refractivity contribution in [2.24, 2.45) is 5.41 Å². The highest BCUT2D eigenvalue weighted by Gasteiger charge is 2.32. The second-order valence-electron chi connectivity index (χ2n) is 4.61. The molecule has 15 heavy (non-hydrogen) atoms. The quantitative estimate of drug-likeness (QED) is 0.601. The van der Waals surface area contributed by atoms with Gasteiger partial charge in [0.25, 0.3) is 0 Å². The Bertz CT molecular complexity index is 219. The second-order valence-corrected chi connectivity index (χ2v) is 4.61. The number of rotatable bonds is 6.